The molecule has 0 unspecified atom stereocenters. The van der Waals surface area contributed by atoms with E-state index in [0.717, 1.165) is 63.4 Å². The first-order valence-electron chi connectivity index (χ1n) is 22.7. The second kappa shape index (κ2) is 18.5. The normalized spacial score (nSPS) is 14.5. The van der Waals surface area contributed by atoms with Crippen LogP contribution >= 0.6 is 47.0 Å². The number of nitrogens with zero attached hydrogens (tertiary/aromatic N) is 8. The Hall–Kier alpha value is -4.89. The van der Waals surface area contributed by atoms with E-state index in [1.165, 1.54) is 0 Å². The summed E-state index contributed by atoms with van der Waals surface area (Å²) in [7, 11) is 0. The van der Waals surface area contributed by atoms with E-state index in [-0.39, 0.29) is 33.8 Å². The molecule has 10 rings (SSSR count). The summed E-state index contributed by atoms with van der Waals surface area (Å²) in [6, 6.07) is 25.0. The molecule has 0 spiro atoms. The van der Waals surface area contributed by atoms with Crippen LogP contribution in [0, 0.1) is 0 Å². The number of carboxylic acid groups (broad SMARTS) is 1. The van der Waals surface area contributed by atoms with Crippen molar-refractivity contribution < 1.29 is 18.5 Å². The Morgan fingerprint density at radius 3 is 1.63 bits per heavy atom. The fraction of sp³-hybridized carbons (Fsp3) is 0.320. The number of aromatic nitrogens is 2. The van der Waals surface area contributed by atoms with Crippen LogP contribution in [0.25, 0.3) is 21.5 Å². The van der Waals surface area contributed by atoms with Gasteiger partial charge >= 0.3 is 20.9 Å². The van der Waals surface area contributed by atoms with E-state index in [1.807, 2.05) is 0 Å². The number of carbonyl (C=O) groups is 2. The zero-order valence-electron chi connectivity index (χ0n) is 38.5. The number of hydrogen-bond donors (Lipinski definition) is 1. The van der Waals surface area contributed by atoms with Gasteiger partial charge in [0, 0.05) is 97.2 Å². The number of thioether (sulfide) groups is 4. The van der Waals surface area contributed by atoms with Crippen molar-refractivity contribution in [2.75, 3.05) is 0 Å². The molecule has 0 aliphatic carbocycles. The lowest BCUT2D eigenvalue weighted by atomic mass is 10.1. The summed E-state index contributed by atoms with van der Waals surface area (Å²) in [5.41, 5.74) is 4.67. The van der Waals surface area contributed by atoms with Gasteiger partial charge in [-0.15, -0.1) is 47.0 Å². The maximum absolute atomic E-state index is 14.6. The number of amidine groups is 4. The quantitative estimate of drug-likeness (QED) is 0.0644. The highest BCUT2D eigenvalue weighted by Crippen LogP contribution is 2.47. The molecule has 6 aromatic rings. The summed E-state index contributed by atoms with van der Waals surface area (Å²) in [6.45, 7) is 17.4. The fourth-order valence-electron chi connectivity index (χ4n) is 8.88. The van der Waals surface area contributed by atoms with Crippen LogP contribution in [0.5, 0.6) is 0 Å². The maximum atomic E-state index is 14.6. The van der Waals surface area contributed by atoms with E-state index in [2.05, 4.69) is 135 Å². The number of unbranched alkanes of at least 4 members (excludes halogenated alkanes) is 1. The number of aliphatic imine (C=N–C) groups is 4. The first kappa shape index (κ1) is 45.9. The topological polar surface area (TPSA) is 148 Å². The smallest absolute Gasteiger partial charge is 0.582 e. The summed E-state index contributed by atoms with van der Waals surface area (Å²) >= 11 is 3.48. The van der Waals surface area contributed by atoms with Crippen molar-refractivity contribution in [3.05, 3.63) is 106 Å². The predicted molar refractivity (Wildman–Crippen MR) is 277 cm³/mol. The zero-order chi connectivity index (χ0) is 46.8. The molecule has 0 fully saturated rings. The van der Waals surface area contributed by atoms with Gasteiger partial charge in [-0.1, -0.05) is 104 Å². The maximum Gasteiger partial charge on any atom is 0.904 e. The molecule has 0 saturated carbocycles. The van der Waals surface area contributed by atoms with E-state index in [4.69, 9.17) is 33.7 Å². The molecule has 12 nitrogen and oxygen atoms in total. The SMILES string of the molecule is CC(C)Sc1cccc2c1C1=NC2=Nc2c3c(SC(C)C)cccc3c3[n]2[Al]([O]C(=O)CCCCC(=O)O)[n]2c(c4cccc(SC(C)C)c4c2=NC2=NC(=N3)c3c(SC(C)C)cccc32)=N1. The number of benzene rings is 4. The van der Waals surface area contributed by atoms with Crippen molar-refractivity contribution in [2.45, 2.75) is 122 Å². The molecule has 0 radical (unpaired) electrons. The zero-order valence-corrected chi connectivity index (χ0v) is 42.9. The number of hydrogen-bond acceptors (Lipinski definition) is 13. The van der Waals surface area contributed by atoms with E-state index in [9.17, 15) is 14.7 Å². The van der Waals surface area contributed by atoms with E-state index < -0.39 is 26.9 Å². The Balaban J connectivity index is 1.43. The Morgan fingerprint density at radius 2 is 1.01 bits per heavy atom. The van der Waals surface area contributed by atoms with E-state index in [1.54, 1.807) is 47.0 Å². The summed E-state index contributed by atoms with van der Waals surface area (Å²) in [6.07, 6.45) is 0.671. The fourth-order valence-corrected chi connectivity index (χ4v) is 15.2. The molecular formula is C50H49AlN8O4S4. The molecule has 4 aliphatic rings. The Morgan fingerprint density at radius 1 is 0.537 bits per heavy atom. The minimum atomic E-state index is -3.52. The molecule has 6 bridgehead atoms. The Bertz CT molecular complexity index is 3330. The molecule has 0 amide bonds. The van der Waals surface area contributed by atoms with Crippen molar-refractivity contribution in [3.8, 4) is 0 Å². The lowest BCUT2D eigenvalue weighted by Crippen LogP contribution is -2.49. The highest BCUT2D eigenvalue weighted by Gasteiger charge is 2.47. The molecule has 6 heterocycles. The van der Waals surface area contributed by atoms with E-state index in [0.29, 0.717) is 58.8 Å². The van der Waals surface area contributed by atoms with Crippen molar-refractivity contribution in [1.82, 2.24) is 7.10 Å². The van der Waals surface area contributed by atoms with Crippen LogP contribution in [0.3, 0.4) is 0 Å². The van der Waals surface area contributed by atoms with Gasteiger partial charge in [0.25, 0.3) is 5.97 Å². The van der Waals surface area contributed by atoms with Gasteiger partial charge in [-0.05, 0) is 37.1 Å². The molecule has 2 aromatic heterocycles. The third-order valence-corrected chi connectivity index (χ3v) is 17.9. The number of rotatable bonds is 14. The molecule has 67 heavy (non-hydrogen) atoms. The minimum Gasteiger partial charge on any atom is -0.582 e. The lowest BCUT2D eigenvalue weighted by molar-refractivity contribution is -0.138. The molecule has 0 saturated heterocycles. The average Bonchev–Trinajstić information content (AvgIpc) is 3.98. The molecule has 17 heteroatoms. The second-order valence-corrected chi connectivity index (χ2v) is 26.2. The standard InChI is InChI=1S/C44H40N8S4.C6H10O4.Al/c1-21(2)53-29-17-9-13-25-33(29)41-45-37(25)50-42-35-27(15-11-19-31(35)55-23(5)6)39(47-42)52-44-36-28(16-12-20-32(36)56-24(7)8)40(48-44)51-43-34-26(38(46-43)49-41)14-10-18-30(34)54-22(3)4;7-5(8)3-1-2-4-6(9)10;/h9-24H,1-8H3;1-4H2,(H,7,8)(H,9,10);/q-2;;+3/p-1. The highest BCUT2D eigenvalue weighted by atomic mass is 32.2. The lowest BCUT2D eigenvalue weighted by Gasteiger charge is -2.19. The second-order valence-electron chi connectivity index (χ2n) is 17.8. The van der Waals surface area contributed by atoms with Crippen LogP contribution in [0.1, 0.15) is 103 Å². The van der Waals surface area contributed by atoms with Crippen molar-refractivity contribution in [1.29, 1.82) is 0 Å². The number of carbonyl (C=O) groups excluding carboxylic acids is 1. The van der Waals surface area contributed by atoms with Crippen LogP contribution in [0.2, 0.25) is 0 Å². The third kappa shape index (κ3) is 8.54. The van der Waals surface area contributed by atoms with Crippen LogP contribution in [0.4, 0.5) is 11.6 Å². The number of aliphatic carboxylic acids is 1. The molecule has 1 N–H and O–H groups in total. The predicted octanol–water partition coefficient (Wildman–Crippen LogP) is 11.1. The summed E-state index contributed by atoms with van der Waals surface area (Å²) in [5, 5.41) is 13.9. The van der Waals surface area contributed by atoms with Crippen molar-refractivity contribution in [3.63, 3.8) is 0 Å². The van der Waals surface area contributed by atoms with Gasteiger partial charge in [-0.25, -0.2) is 30.0 Å². The highest BCUT2D eigenvalue weighted by molar-refractivity contribution is 8.00. The van der Waals surface area contributed by atoms with Gasteiger partial charge in [0.2, 0.25) is 0 Å². The largest absolute Gasteiger partial charge is 0.904 e. The molecular weight excluding hydrogens is 932 g/mol. The monoisotopic (exact) mass is 980 g/mol. The van der Waals surface area contributed by atoms with E-state index >= 15 is 0 Å². The van der Waals surface area contributed by atoms with Crippen LogP contribution in [-0.4, -0.2) is 83.4 Å². The first-order chi connectivity index (χ1) is 32.2. The van der Waals surface area contributed by atoms with Gasteiger partial charge < -0.3 is 16.0 Å². The minimum absolute atomic E-state index is 0.0236. The summed E-state index contributed by atoms with van der Waals surface area (Å²) < 4.78 is 11.2. The van der Waals surface area contributed by atoms with Gasteiger partial charge in [0.05, 0.1) is 0 Å². The van der Waals surface area contributed by atoms with Crippen LogP contribution in [-0.2, 0) is 13.4 Å². The van der Waals surface area contributed by atoms with Gasteiger partial charge in [0.15, 0.2) is 23.3 Å². The Labute approximate surface area is 410 Å². The molecule has 340 valence electrons. The van der Waals surface area contributed by atoms with Crippen molar-refractivity contribution in [2.24, 2.45) is 30.0 Å². The van der Waals surface area contributed by atoms with Crippen LogP contribution < -0.4 is 11.0 Å². The van der Waals surface area contributed by atoms with Gasteiger partial charge in [-0.3, -0.25) is 9.59 Å². The first-order valence-corrected chi connectivity index (χ1v) is 27.7. The summed E-state index contributed by atoms with van der Waals surface area (Å²) in [4.78, 5) is 63.5. The van der Waals surface area contributed by atoms with Gasteiger partial charge in [-0.2, -0.15) is 0 Å². The molecule has 4 aliphatic heterocycles. The average molecular weight is 981 g/mol. The van der Waals surface area contributed by atoms with Gasteiger partial charge in [0.1, 0.15) is 22.6 Å². The number of fused-ring (bicyclic) bond motifs is 14. The summed E-state index contributed by atoms with van der Waals surface area (Å²) in [5.74, 6) is 1.84. The van der Waals surface area contributed by atoms with Crippen molar-refractivity contribution >= 4 is 130 Å². The van der Waals surface area contributed by atoms with Crippen LogP contribution in [0.15, 0.2) is 122 Å². The Kier molecular flexibility index (Phi) is 12.7. The molecule has 4 aromatic carbocycles. The third-order valence-electron chi connectivity index (χ3n) is 11.3. The number of carboxylic acids is 1. The molecule has 0 atom stereocenters.